The first kappa shape index (κ1) is 29.4. The number of hydrogen-bond acceptors (Lipinski definition) is 8. The Hall–Kier alpha value is -3.59. The lowest BCUT2D eigenvalue weighted by Crippen LogP contribution is -2.25. The van der Waals surface area contributed by atoms with Crippen molar-refractivity contribution in [3.63, 3.8) is 0 Å². The summed E-state index contributed by atoms with van der Waals surface area (Å²) < 4.78 is 0. The molecule has 2 aromatic heterocycles. The van der Waals surface area contributed by atoms with E-state index in [9.17, 15) is 10.7 Å². The molecule has 1 aliphatic heterocycles. The molecule has 1 fully saturated rings. The van der Waals surface area contributed by atoms with Gasteiger partial charge in [0, 0.05) is 40.2 Å². The molecule has 3 heterocycles. The smallest absolute Gasteiger partial charge is 0.180 e. The summed E-state index contributed by atoms with van der Waals surface area (Å²) in [5, 5.41) is 21.1. The van der Waals surface area contributed by atoms with Crippen LogP contribution in [-0.2, 0) is 12.8 Å². The van der Waals surface area contributed by atoms with E-state index in [2.05, 4.69) is 42.8 Å². The van der Waals surface area contributed by atoms with Gasteiger partial charge in [-0.1, -0.05) is 24.8 Å². The second-order valence-corrected chi connectivity index (χ2v) is 11.7. The predicted octanol–water partition coefficient (Wildman–Crippen LogP) is 6.22. The zero-order valence-electron chi connectivity index (χ0n) is 23.8. The number of nitriles is 1. The highest BCUT2D eigenvalue weighted by atomic mass is 32.1. The van der Waals surface area contributed by atoms with E-state index in [-0.39, 0.29) is 11.6 Å². The second-order valence-electron chi connectivity index (χ2n) is 10.7. The lowest BCUT2D eigenvalue weighted by molar-refractivity contribution is 0.296. The standard InChI is InChI=1S/C32H39N7S/c1-5-9-27(21(3)26-11-7-12-28-30(26)22(19-33)20-40-28)31(35)32-37-24(13-14-25-10-8-17-39(25)4)18-29(38-32)36-16-15-23(34)6-2/h2,15-16,18,20,25-26,35H,5,7-14,17,34H2,1,3-4H3/b23-15-,27-21+,35-31?,36-16?/t25-,26?/m0/s1. The fourth-order valence-electron chi connectivity index (χ4n) is 5.92. The Morgan fingerprint density at radius 3 is 2.88 bits per heavy atom. The van der Waals surface area contributed by atoms with E-state index in [4.69, 9.17) is 22.1 Å². The number of nitrogens with one attached hydrogen (secondary N) is 1. The molecule has 40 heavy (non-hydrogen) atoms. The third-order valence-corrected chi connectivity index (χ3v) is 9.16. The van der Waals surface area contributed by atoms with Crippen molar-refractivity contribution in [3.8, 4) is 18.4 Å². The highest BCUT2D eigenvalue weighted by Gasteiger charge is 2.29. The van der Waals surface area contributed by atoms with Crippen LogP contribution in [0.25, 0.3) is 0 Å². The quantitative estimate of drug-likeness (QED) is 0.268. The molecule has 208 valence electrons. The number of allylic oxidation sites excluding steroid dienone is 4. The molecular weight excluding hydrogens is 514 g/mol. The Morgan fingerprint density at radius 2 is 2.17 bits per heavy atom. The number of aryl methyl sites for hydroxylation is 2. The molecule has 0 amide bonds. The number of aliphatic imine (C=N–C) groups is 1. The summed E-state index contributed by atoms with van der Waals surface area (Å²) in [7, 11) is 2.18. The minimum atomic E-state index is 0.141. The topological polar surface area (TPSA) is 115 Å². The van der Waals surface area contributed by atoms with Crippen LogP contribution in [0.1, 0.15) is 92.2 Å². The fraction of sp³-hybridized carbons (Fsp3) is 0.469. The van der Waals surface area contributed by atoms with Crippen LogP contribution in [0.3, 0.4) is 0 Å². The number of fused-ring (bicyclic) bond motifs is 1. The average Bonchev–Trinajstić information content (AvgIpc) is 3.59. The molecule has 0 aromatic carbocycles. The predicted molar refractivity (Wildman–Crippen MR) is 164 cm³/mol. The first-order chi connectivity index (χ1) is 19.4. The molecule has 8 heteroatoms. The third-order valence-electron chi connectivity index (χ3n) is 8.10. The normalized spacial score (nSPS) is 20.2. The monoisotopic (exact) mass is 553 g/mol. The molecule has 7 nitrogen and oxygen atoms in total. The van der Waals surface area contributed by atoms with Gasteiger partial charge in [-0.15, -0.1) is 17.8 Å². The van der Waals surface area contributed by atoms with Crippen LogP contribution >= 0.6 is 11.3 Å². The van der Waals surface area contributed by atoms with Crippen molar-refractivity contribution >= 4 is 29.1 Å². The molecule has 1 saturated heterocycles. The van der Waals surface area contributed by atoms with Gasteiger partial charge in [0.15, 0.2) is 11.6 Å². The number of rotatable bonds is 10. The Balaban J connectivity index is 1.72. The summed E-state index contributed by atoms with van der Waals surface area (Å²) in [6, 6.07) is 4.84. The molecule has 2 aromatic rings. The van der Waals surface area contributed by atoms with Crippen molar-refractivity contribution in [1.82, 2.24) is 14.9 Å². The van der Waals surface area contributed by atoms with Crippen LogP contribution in [0.5, 0.6) is 0 Å². The SMILES string of the molecule is C#C/C(N)=C/C=Nc1cc(CC[C@@H]2CCCN2C)nc(C(=N)/C(CCC)=C(\C)C2CCCc3scc(C#N)c32)n1. The molecule has 2 atom stereocenters. The summed E-state index contributed by atoms with van der Waals surface area (Å²) in [6.07, 6.45) is 17.4. The second kappa shape index (κ2) is 13.7. The summed E-state index contributed by atoms with van der Waals surface area (Å²) in [5.74, 6) is 3.41. The van der Waals surface area contributed by atoms with Gasteiger partial charge >= 0.3 is 0 Å². The minimum absolute atomic E-state index is 0.141. The Labute approximate surface area is 242 Å². The van der Waals surface area contributed by atoms with E-state index in [0.717, 1.165) is 79.5 Å². The van der Waals surface area contributed by atoms with Crippen molar-refractivity contribution in [2.45, 2.75) is 83.6 Å². The van der Waals surface area contributed by atoms with Gasteiger partial charge < -0.3 is 10.6 Å². The van der Waals surface area contributed by atoms with Gasteiger partial charge in [0.2, 0.25) is 0 Å². The molecule has 1 aliphatic carbocycles. The van der Waals surface area contributed by atoms with E-state index in [0.29, 0.717) is 23.4 Å². The van der Waals surface area contributed by atoms with Crippen molar-refractivity contribution in [2.24, 2.45) is 10.7 Å². The van der Waals surface area contributed by atoms with Gasteiger partial charge in [-0.2, -0.15) is 5.26 Å². The number of terminal acetylenes is 1. The zero-order valence-corrected chi connectivity index (χ0v) is 24.7. The van der Waals surface area contributed by atoms with Gasteiger partial charge in [-0.25, -0.2) is 15.0 Å². The number of aromatic nitrogens is 2. The van der Waals surface area contributed by atoms with E-state index in [1.165, 1.54) is 17.7 Å². The third kappa shape index (κ3) is 6.75. The van der Waals surface area contributed by atoms with E-state index in [1.807, 2.05) is 11.4 Å². The summed E-state index contributed by atoms with van der Waals surface area (Å²) in [4.78, 5) is 17.8. The summed E-state index contributed by atoms with van der Waals surface area (Å²) in [6.45, 7) is 5.39. The van der Waals surface area contributed by atoms with Gasteiger partial charge in [0.25, 0.3) is 0 Å². The zero-order chi connectivity index (χ0) is 28.6. The molecule has 4 rings (SSSR count). The molecule has 3 N–H and O–H groups in total. The van der Waals surface area contributed by atoms with Gasteiger partial charge in [0.1, 0.15) is 11.8 Å². The number of thiophene rings is 1. The van der Waals surface area contributed by atoms with Crippen molar-refractivity contribution in [1.29, 1.82) is 10.7 Å². The molecular formula is C32H39N7S. The maximum absolute atomic E-state index is 9.78. The van der Waals surface area contributed by atoms with Crippen LogP contribution in [-0.4, -0.2) is 46.4 Å². The summed E-state index contributed by atoms with van der Waals surface area (Å²) in [5.41, 5.74) is 11.3. The first-order valence-corrected chi connectivity index (χ1v) is 15.1. The van der Waals surface area contributed by atoms with Crippen LogP contribution in [0.15, 0.2) is 39.4 Å². The molecule has 0 bridgehead atoms. The van der Waals surface area contributed by atoms with Crippen molar-refractivity contribution < 1.29 is 0 Å². The van der Waals surface area contributed by atoms with Crippen LogP contribution in [0.4, 0.5) is 5.82 Å². The van der Waals surface area contributed by atoms with Crippen LogP contribution in [0.2, 0.25) is 0 Å². The Kier molecular flexibility index (Phi) is 10.0. The summed E-state index contributed by atoms with van der Waals surface area (Å²) >= 11 is 1.69. The molecule has 1 unspecified atom stereocenters. The lowest BCUT2D eigenvalue weighted by atomic mass is 9.78. The average molecular weight is 554 g/mol. The van der Waals surface area contributed by atoms with Gasteiger partial charge in [-0.05, 0) is 89.1 Å². The number of nitrogens with zero attached hydrogens (tertiary/aromatic N) is 5. The van der Waals surface area contributed by atoms with E-state index >= 15 is 0 Å². The highest BCUT2D eigenvalue weighted by molar-refractivity contribution is 7.10. The van der Waals surface area contributed by atoms with Crippen LogP contribution in [0, 0.1) is 29.1 Å². The number of hydrogen-bond donors (Lipinski definition) is 2. The largest absolute Gasteiger partial charge is 0.392 e. The van der Waals surface area contributed by atoms with E-state index < -0.39 is 0 Å². The maximum atomic E-state index is 9.78. The van der Waals surface area contributed by atoms with Crippen molar-refractivity contribution in [3.05, 3.63) is 61.9 Å². The minimum Gasteiger partial charge on any atom is -0.392 e. The van der Waals surface area contributed by atoms with E-state index in [1.54, 1.807) is 23.6 Å². The number of nitrogens with two attached hydrogens (primary N) is 1. The van der Waals surface area contributed by atoms with Crippen molar-refractivity contribution in [2.75, 3.05) is 13.6 Å². The highest BCUT2D eigenvalue weighted by Crippen LogP contribution is 2.43. The van der Waals surface area contributed by atoms with Gasteiger partial charge in [0.05, 0.1) is 11.3 Å². The Morgan fingerprint density at radius 1 is 1.35 bits per heavy atom. The Bertz CT molecular complexity index is 1420. The molecule has 0 radical (unpaired) electrons. The van der Waals surface area contributed by atoms with Gasteiger partial charge in [-0.3, -0.25) is 5.41 Å². The maximum Gasteiger partial charge on any atom is 0.180 e. The lowest BCUT2D eigenvalue weighted by Gasteiger charge is -2.26. The number of likely N-dealkylation sites (tertiary alicyclic amines) is 1. The molecule has 0 spiro atoms. The van der Waals surface area contributed by atoms with Crippen LogP contribution < -0.4 is 5.73 Å². The molecule has 0 saturated carbocycles. The first-order valence-electron chi connectivity index (χ1n) is 14.2. The fourth-order valence-corrected chi connectivity index (χ4v) is 7.00. The molecule has 2 aliphatic rings.